The SMILES string of the molecule is CC(C)C(NCC(C)(C)C)C(O)C(=O)NCC1CC1. The number of hydrogen-bond donors (Lipinski definition) is 3. The highest BCUT2D eigenvalue weighted by atomic mass is 16.3. The van der Waals surface area contributed by atoms with E-state index in [2.05, 4.69) is 31.4 Å². The van der Waals surface area contributed by atoms with Gasteiger partial charge in [0.05, 0.1) is 0 Å². The smallest absolute Gasteiger partial charge is 0.250 e. The largest absolute Gasteiger partial charge is 0.382 e. The van der Waals surface area contributed by atoms with E-state index in [1.54, 1.807) is 0 Å². The van der Waals surface area contributed by atoms with Crippen LogP contribution in [0.25, 0.3) is 0 Å². The van der Waals surface area contributed by atoms with Gasteiger partial charge < -0.3 is 15.7 Å². The fourth-order valence-corrected chi connectivity index (χ4v) is 1.97. The molecule has 1 amide bonds. The minimum Gasteiger partial charge on any atom is -0.382 e. The monoisotopic (exact) mass is 270 g/mol. The maximum Gasteiger partial charge on any atom is 0.250 e. The summed E-state index contributed by atoms with van der Waals surface area (Å²) in [5, 5.41) is 16.4. The van der Waals surface area contributed by atoms with Crippen molar-refractivity contribution in [2.75, 3.05) is 13.1 Å². The van der Waals surface area contributed by atoms with Crippen molar-refractivity contribution in [3.05, 3.63) is 0 Å². The van der Waals surface area contributed by atoms with Crippen molar-refractivity contribution in [2.24, 2.45) is 17.3 Å². The molecule has 1 aliphatic carbocycles. The molecule has 0 aromatic carbocycles. The molecule has 4 heteroatoms. The molecule has 0 aliphatic heterocycles. The van der Waals surface area contributed by atoms with Crippen LogP contribution >= 0.6 is 0 Å². The van der Waals surface area contributed by atoms with Gasteiger partial charge in [-0.2, -0.15) is 0 Å². The van der Waals surface area contributed by atoms with Gasteiger partial charge in [-0.3, -0.25) is 4.79 Å². The second-order valence-corrected chi connectivity index (χ2v) is 7.34. The highest BCUT2D eigenvalue weighted by Crippen LogP contribution is 2.27. The van der Waals surface area contributed by atoms with Gasteiger partial charge >= 0.3 is 0 Å². The number of amides is 1. The molecule has 1 rings (SSSR count). The van der Waals surface area contributed by atoms with Crippen LogP contribution in [0, 0.1) is 17.3 Å². The molecule has 0 spiro atoms. The van der Waals surface area contributed by atoms with Gasteiger partial charge in [-0.05, 0) is 30.1 Å². The number of nitrogens with one attached hydrogen (secondary N) is 2. The van der Waals surface area contributed by atoms with Crippen LogP contribution in [0.5, 0.6) is 0 Å². The van der Waals surface area contributed by atoms with Crippen LogP contribution in [-0.4, -0.2) is 36.2 Å². The lowest BCUT2D eigenvalue weighted by Gasteiger charge is -2.30. The summed E-state index contributed by atoms with van der Waals surface area (Å²) in [4.78, 5) is 11.9. The Hall–Kier alpha value is -0.610. The van der Waals surface area contributed by atoms with Crippen molar-refractivity contribution in [1.82, 2.24) is 10.6 Å². The van der Waals surface area contributed by atoms with Gasteiger partial charge in [0, 0.05) is 19.1 Å². The molecule has 2 unspecified atom stereocenters. The Morgan fingerprint density at radius 2 is 1.89 bits per heavy atom. The number of aliphatic hydroxyl groups is 1. The van der Waals surface area contributed by atoms with E-state index >= 15 is 0 Å². The Morgan fingerprint density at radius 1 is 1.32 bits per heavy atom. The molecular formula is C15H30N2O2. The first-order chi connectivity index (χ1) is 8.70. The molecule has 2 atom stereocenters. The Kier molecular flexibility index (Phi) is 5.81. The molecule has 19 heavy (non-hydrogen) atoms. The van der Waals surface area contributed by atoms with Crippen molar-refractivity contribution in [1.29, 1.82) is 0 Å². The predicted octanol–water partition coefficient (Wildman–Crippen LogP) is 1.53. The van der Waals surface area contributed by atoms with Gasteiger partial charge in [0.15, 0.2) is 0 Å². The zero-order valence-electron chi connectivity index (χ0n) is 13.0. The van der Waals surface area contributed by atoms with Crippen LogP contribution in [-0.2, 0) is 4.79 Å². The maximum absolute atomic E-state index is 11.9. The van der Waals surface area contributed by atoms with Gasteiger partial charge in [-0.25, -0.2) is 0 Å². The quantitative estimate of drug-likeness (QED) is 0.657. The van der Waals surface area contributed by atoms with Crippen molar-refractivity contribution in [3.63, 3.8) is 0 Å². The van der Waals surface area contributed by atoms with E-state index in [0.717, 1.165) is 6.54 Å². The lowest BCUT2D eigenvalue weighted by molar-refractivity contribution is -0.131. The second-order valence-electron chi connectivity index (χ2n) is 7.34. The maximum atomic E-state index is 11.9. The minimum atomic E-state index is -0.971. The van der Waals surface area contributed by atoms with E-state index in [1.165, 1.54) is 12.8 Å². The normalized spacial score (nSPS) is 19.3. The number of carbonyl (C=O) groups excluding carboxylic acids is 1. The summed E-state index contributed by atoms with van der Waals surface area (Å²) in [5.41, 5.74) is 0.136. The summed E-state index contributed by atoms with van der Waals surface area (Å²) in [6.07, 6.45) is 1.43. The predicted molar refractivity (Wildman–Crippen MR) is 77.8 cm³/mol. The molecule has 3 N–H and O–H groups in total. The molecule has 1 saturated carbocycles. The number of aliphatic hydroxyl groups excluding tert-OH is 1. The van der Waals surface area contributed by atoms with E-state index in [-0.39, 0.29) is 23.3 Å². The second kappa shape index (κ2) is 6.71. The van der Waals surface area contributed by atoms with Crippen molar-refractivity contribution in [3.8, 4) is 0 Å². The van der Waals surface area contributed by atoms with Crippen molar-refractivity contribution >= 4 is 5.91 Å². The van der Waals surface area contributed by atoms with Gasteiger partial charge in [0.1, 0.15) is 6.10 Å². The summed E-state index contributed by atoms with van der Waals surface area (Å²) >= 11 is 0. The first-order valence-electron chi connectivity index (χ1n) is 7.40. The molecule has 0 heterocycles. The van der Waals surface area contributed by atoms with Gasteiger partial charge in [-0.1, -0.05) is 34.6 Å². The van der Waals surface area contributed by atoms with Crippen LogP contribution < -0.4 is 10.6 Å². The molecule has 0 radical (unpaired) electrons. The Labute approximate surface area is 117 Å². The van der Waals surface area contributed by atoms with E-state index < -0.39 is 6.10 Å². The average Bonchev–Trinajstić information content (AvgIpc) is 3.07. The Morgan fingerprint density at radius 3 is 2.32 bits per heavy atom. The van der Waals surface area contributed by atoms with Crippen LogP contribution in [0.3, 0.4) is 0 Å². The number of hydrogen-bond acceptors (Lipinski definition) is 3. The van der Waals surface area contributed by atoms with E-state index in [1.807, 2.05) is 13.8 Å². The zero-order valence-corrected chi connectivity index (χ0v) is 13.0. The summed E-state index contributed by atoms with van der Waals surface area (Å²) < 4.78 is 0. The average molecular weight is 270 g/mol. The van der Waals surface area contributed by atoms with E-state index in [0.29, 0.717) is 12.5 Å². The number of rotatable bonds is 7. The standard InChI is InChI=1S/C15H30N2O2/c1-10(2)12(17-9-15(3,4)5)13(18)14(19)16-8-11-6-7-11/h10-13,17-18H,6-9H2,1-5H3,(H,16,19). The molecule has 0 aromatic rings. The molecule has 1 fully saturated rings. The zero-order chi connectivity index (χ0) is 14.6. The van der Waals surface area contributed by atoms with Crippen molar-refractivity contribution < 1.29 is 9.90 Å². The fourth-order valence-electron chi connectivity index (χ4n) is 1.97. The fraction of sp³-hybridized carbons (Fsp3) is 0.933. The first-order valence-corrected chi connectivity index (χ1v) is 7.40. The Balaban J connectivity index is 2.45. The van der Waals surface area contributed by atoms with Crippen molar-refractivity contribution in [2.45, 2.75) is 59.6 Å². The lowest BCUT2D eigenvalue weighted by Crippen LogP contribution is -2.53. The van der Waals surface area contributed by atoms with Crippen LogP contribution in [0.2, 0.25) is 0 Å². The van der Waals surface area contributed by atoms with E-state index in [9.17, 15) is 9.90 Å². The third-order valence-corrected chi connectivity index (χ3v) is 3.46. The summed E-state index contributed by atoms with van der Waals surface area (Å²) in [7, 11) is 0. The molecule has 0 aromatic heterocycles. The van der Waals surface area contributed by atoms with Crippen LogP contribution in [0.15, 0.2) is 0 Å². The van der Waals surface area contributed by atoms with Crippen LogP contribution in [0.4, 0.5) is 0 Å². The van der Waals surface area contributed by atoms with Gasteiger partial charge in [0.25, 0.3) is 0 Å². The summed E-state index contributed by atoms with van der Waals surface area (Å²) in [6.45, 7) is 11.9. The summed E-state index contributed by atoms with van der Waals surface area (Å²) in [5.74, 6) is 0.604. The third kappa shape index (κ3) is 6.39. The number of carbonyl (C=O) groups is 1. The molecule has 0 saturated heterocycles. The minimum absolute atomic E-state index is 0.136. The van der Waals surface area contributed by atoms with Crippen LogP contribution in [0.1, 0.15) is 47.5 Å². The highest BCUT2D eigenvalue weighted by molar-refractivity contribution is 5.81. The summed E-state index contributed by atoms with van der Waals surface area (Å²) in [6, 6.07) is -0.196. The molecule has 0 bridgehead atoms. The molecule has 112 valence electrons. The highest BCUT2D eigenvalue weighted by Gasteiger charge is 2.30. The Bertz CT molecular complexity index is 293. The van der Waals surface area contributed by atoms with Gasteiger partial charge in [-0.15, -0.1) is 0 Å². The van der Waals surface area contributed by atoms with E-state index in [4.69, 9.17) is 0 Å². The topological polar surface area (TPSA) is 61.4 Å². The molecule has 4 nitrogen and oxygen atoms in total. The molecule has 1 aliphatic rings. The third-order valence-electron chi connectivity index (χ3n) is 3.46. The first kappa shape index (κ1) is 16.4. The molecular weight excluding hydrogens is 240 g/mol. The van der Waals surface area contributed by atoms with Gasteiger partial charge in [0.2, 0.25) is 5.91 Å². The lowest BCUT2D eigenvalue weighted by atomic mass is 9.93.